The predicted molar refractivity (Wildman–Crippen MR) is 95.5 cm³/mol. The Labute approximate surface area is 137 Å². The van der Waals surface area contributed by atoms with E-state index in [9.17, 15) is 0 Å². The molecular formula is C18H38N4. The monoisotopic (exact) mass is 310 g/mol. The van der Waals surface area contributed by atoms with E-state index in [0.29, 0.717) is 0 Å². The van der Waals surface area contributed by atoms with Gasteiger partial charge >= 0.3 is 0 Å². The zero-order valence-electron chi connectivity index (χ0n) is 14.5. The van der Waals surface area contributed by atoms with E-state index in [-0.39, 0.29) is 0 Å². The van der Waals surface area contributed by atoms with Crippen LogP contribution in [0, 0.1) is 0 Å². The SMILES string of the molecule is C1CCC(NCCCNCCNCCN2CCCCC2)CC1. The maximum atomic E-state index is 3.71. The Balaban J connectivity index is 1.28. The van der Waals surface area contributed by atoms with Crippen molar-refractivity contribution in [3.8, 4) is 0 Å². The molecule has 2 fully saturated rings. The van der Waals surface area contributed by atoms with Gasteiger partial charge in [-0.1, -0.05) is 25.7 Å². The van der Waals surface area contributed by atoms with Crippen LogP contribution in [-0.4, -0.2) is 63.3 Å². The molecule has 22 heavy (non-hydrogen) atoms. The minimum absolute atomic E-state index is 0.810. The summed E-state index contributed by atoms with van der Waals surface area (Å²) in [5, 5.41) is 10.8. The molecule has 1 aliphatic carbocycles. The lowest BCUT2D eigenvalue weighted by molar-refractivity contribution is 0.229. The van der Waals surface area contributed by atoms with Gasteiger partial charge in [0.15, 0.2) is 0 Å². The van der Waals surface area contributed by atoms with Crippen molar-refractivity contribution in [3.05, 3.63) is 0 Å². The normalized spacial score (nSPS) is 21.3. The Hall–Kier alpha value is -0.160. The molecular weight excluding hydrogens is 272 g/mol. The first kappa shape index (κ1) is 18.2. The summed E-state index contributed by atoms with van der Waals surface area (Å²) < 4.78 is 0. The summed E-state index contributed by atoms with van der Waals surface area (Å²) in [4.78, 5) is 2.60. The van der Waals surface area contributed by atoms with E-state index in [4.69, 9.17) is 0 Å². The second-order valence-electron chi connectivity index (χ2n) is 7.04. The van der Waals surface area contributed by atoms with Gasteiger partial charge in [-0.25, -0.2) is 0 Å². The molecule has 0 radical (unpaired) electrons. The second kappa shape index (κ2) is 12.3. The van der Waals surface area contributed by atoms with Gasteiger partial charge in [0.1, 0.15) is 0 Å². The van der Waals surface area contributed by atoms with Crippen LogP contribution in [0.25, 0.3) is 0 Å². The fourth-order valence-corrected chi connectivity index (χ4v) is 3.67. The number of likely N-dealkylation sites (tertiary alicyclic amines) is 1. The van der Waals surface area contributed by atoms with Crippen molar-refractivity contribution in [3.63, 3.8) is 0 Å². The Morgan fingerprint density at radius 3 is 2.14 bits per heavy atom. The van der Waals surface area contributed by atoms with Crippen LogP contribution in [0.3, 0.4) is 0 Å². The number of hydrogen-bond acceptors (Lipinski definition) is 4. The van der Waals surface area contributed by atoms with E-state index in [1.165, 1.54) is 84.0 Å². The Morgan fingerprint density at radius 2 is 1.36 bits per heavy atom. The zero-order valence-corrected chi connectivity index (χ0v) is 14.5. The fraction of sp³-hybridized carbons (Fsp3) is 1.00. The highest BCUT2D eigenvalue weighted by atomic mass is 15.1. The molecule has 130 valence electrons. The lowest BCUT2D eigenvalue weighted by atomic mass is 9.95. The van der Waals surface area contributed by atoms with Gasteiger partial charge in [0, 0.05) is 32.2 Å². The molecule has 0 unspecified atom stereocenters. The van der Waals surface area contributed by atoms with Crippen molar-refractivity contribution in [1.29, 1.82) is 0 Å². The molecule has 0 aromatic carbocycles. The first-order valence-electron chi connectivity index (χ1n) is 9.82. The summed E-state index contributed by atoms with van der Waals surface area (Å²) in [6, 6.07) is 0.810. The topological polar surface area (TPSA) is 39.3 Å². The molecule has 2 rings (SSSR count). The summed E-state index contributed by atoms with van der Waals surface area (Å²) in [7, 11) is 0. The number of nitrogens with one attached hydrogen (secondary N) is 3. The van der Waals surface area contributed by atoms with Crippen LogP contribution in [0.2, 0.25) is 0 Å². The minimum Gasteiger partial charge on any atom is -0.315 e. The molecule has 2 aliphatic rings. The summed E-state index contributed by atoms with van der Waals surface area (Å²) in [5.74, 6) is 0. The van der Waals surface area contributed by atoms with Gasteiger partial charge in [-0.3, -0.25) is 0 Å². The van der Waals surface area contributed by atoms with Crippen LogP contribution in [0.15, 0.2) is 0 Å². The number of piperidine rings is 1. The molecule has 1 aliphatic heterocycles. The van der Waals surface area contributed by atoms with Crippen molar-refractivity contribution in [2.75, 3.05) is 52.4 Å². The quantitative estimate of drug-likeness (QED) is 0.510. The second-order valence-corrected chi connectivity index (χ2v) is 7.04. The summed E-state index contributed by atoms with van der Waals surface area (Å²) >= 11 is 0. The Bertz CT molecular complexity index is 221. The average molecular weight is 311 g/mol. The van der Waals surface area contributed by atoms with E-state index in [0.717, 1.165) is 32.2 Å². The van der Waals surface area contributed by atoms with Gasteiger partial charge in [0.25, 0.3) is 0 Å². The van der Waals surface area contributed by atoms with E-state index < -0.39 is 0 Å². The standard InChI is InChI=1S/C18H38N4/c1-3-8-18(9-4-1)21-11-7-10-19-12-13-20-14-17-22-15-5-2-6-16-22/h18-21H,1-17H2. The average Bonchev–Trinajstić information content (AvgIpc) is 2.58. The summed E-state index contributed by atoms with van der Waals surface area (Å²) in [6.07, 6.45) is 12.6. The van der Waals surface area contributed by atoms with Crippen molar-refractivity contribution >= 4 is 0 Å². The highest BCUT2D eigenvalue weighted by molar-refractivity contribution is 4.71. The highest BCUT2D eigenvalue weighted by Gasteiger charge is 2.11. The van der Waals surface area contributed by atoms with Crippen molar-refractivity contribution in [2.45, 2.75) is 63.8 Å². The highest BCUT2D eigenvalue weighted by Crippen LogP contribution is 2.17. The van der Waals surface area contributed by atoms with Crippen LogP contribution >= 0.6 is 0 Å². The van der Waals surface area contributed by atoms with Gasteiger partial charge < -0.3 is 20.9 Å². The van der Waals surface area contributed by atoms with Gasteiger partial charge in [-0.2, -0.15) is 0 Å². The molecule has 1 saturated carbocycles. The maximum absolute atomic E-state index is 3.71. The molecule has 1 saturated heterocycles. The Morgan fingerprint density at radius 1 is 0.682 bits per heavy atom. The third kappa shape index (κ3) is 8.47. The van der Waals surface area contributed by atoms with Crippen LogP contribution in [0.5, 0.6) is 0 Å². The fourth-order valence-electron chi connectivity index (χ4n) is 3.67. The molecule has 1 heterocycles. The van der Waals surface area contributed by atoms with E-state index >= 15 is 0 Å². The van der Waals surface area contributed by atoms with Crippen molar-refractivity contribution in [1.82, 2.24) is 20.9 Å². The number of nitrogens with zero attached hydrogens (tertiary/aromatic N) is 1. The van der Waals surface area contributed by atoms with Crippen LogP contribution < -0.4 is 16.0 Å². The predicted octanol–water partition coefficient (Wildman–Crippen LogP) is 1.96. The Kier molecular flexibility index (Phi) is 10.2. The molecule has 3 N–H and O–H groups in total. The summed E-state index contributed by atoms with van der Waals surface area (Å²) in [5.41, 5.74) is 0. The van der Waals surface area contributed by atoms with Crippen LogP contribution in [-0.2, 0) is 0 Å². The maximum Gasteiger partial charge on any atom is 0.0107 e. The smallest absolute Gasteiger partial charge is 0.0107 e. The molecule has 0 amide bonds. The summed E-state index contributed by atoms with van der Waals surface area (Å²) in [6.45, 7) is 9.53. The first-order valence-corrected chi connectivity index (χ1v) is 9.82. The largest absolute Gasteiger partial charge is 0.315 e. The van der Waals surface area contributed by atoms with Crippen molar-refractivity contribution in [2.24, 2.45) is 0 Å². The van der Waals surface area contributed by atoms with E-state index in [1.807, 2.05) is 0 Å². The van der Waals surface area contributed by atoms with Crippen LogP contribution in [0.4, 0.5) is 0 Å². The molecule has 0 bridgehead atoms. The van der Waals surface area contributed by atoms with Crippen molar-refractivity contribution < 1.29 is 0 Å². The van der Waals surface area contributed by atoms with Crippen LogP contribution in [0.1, 0.15) is 57.8 Å². The molecule has 0 spiro atoms. The van der Waals surface area contributed by atoms with E-state index in [2.05, 4.69) is 20.9 Å². The zero-order chi connectivity index (χ0) is 15.3. The lowest BCUT2D eigenvalue weighted by Gasteiger charge is -2.26. The molecule has 0 aromatic heterocycles. The first-order chi connectivity index (χ1) is 10.9. The minimum atomic E-state index is 0.810. The number of rotatable bonds is 11. The third-order valence-corrected chi connectivity index (χ3v) is 5.10. The van der Waals surface area contributed by atoms with Gasteiger partial charge in [0.2, 0.25) is 0 Å². The third-order valence-electron chi connectivity index (χ3n) is 5.10. The molecule has 0 atom stereocenters. The molecule has 4 nitrogen and oxygen atoms in total. The van der Waals surface area contributed by atoms with E-state index in [1.54, 1.807) is 0 Å². The van der Waals surface area contributed by atoms with Gasteiger partial charge in [-0.05, 0) is 58.3 Å². The number of hydrogen-bond donors (Lipinski definition) is 3. The van der Waals surface area contributed by atoms with Gasteiger partial charge in [0.05, 0.1) is 0 Å². The molecule has 4 heteroatoms. The lowest BCUT2D eigenvalue weighted by Crippen LogP contribution is -2.38. The van der Waals surface area contributed by atoms with Gasteiger partial charge in [-0.15, -0.1) is 0 Å². The molecule has 0 aromatic rings.